The van der Waals surface area contributed by atoms with Crippen LogP contribution in [-0.4, -0.2) is 54.5 Å². The summed E-state index contributed by atoms with van der Waals surface area (Å²) in [4.78, 5) is 15.8. The van der Waals surface area contributed by atoms with Crippen molar-refractivity contribution < 1.29 is 9.90 Å². The maximum Gasteiger partial charge on any atom is 0.236 e. The molecule has 1 atom stereocenters. The highest BCUT2D eigenvalue weighted by Crippen LogP contribution is 2.37. The van der Waals surface area contributed by atoms with E-state index in [1.165, 1.54) is 6.07 Å². The van der Waals surface area contributed by atoms with Crippen LogP contribution in [0.1, 0.15) is 24.4 Å². The number of likely N-dealkylation sites (N-methyl/N-ethyl adjacent to an activating group) is 1. The Hall–Kier alpha value is -1.01. The molecule has 128 valence electrons. The van der Waals surface area contributed by atoms with Crippen molar-refractivity contribution in [3.8, 4) is 5.75 Å². The predicted octanol–water partition coefficient (Wildman–Crippen LogP) is 2.50. The molecule has 0 aromatic heterocycles. The fourth-order valence-corrected chi connectivity index (χ4v) is 3.28. The summed E-state index contributed by atoms with van der Waals surface area (Å²) in [5.41, 5.74) is 6.93. The van der Waals surface area contributed by atoms with E-state index in [0.717, 1.165) is 12.8 Å². The van der Waals surface area contributed by atoms with Crippen LogP contribution in [0.3, 0.4) is 0 Å². The van der Waals surface area contributed by atoms with E-state index < -0.39 is 0 Å². The molecule has 1 fully saturated rings. The van der Waals surface area contributed by atoms with Crippen molar-refractivity contribution in [2.24, 2.45) is 11.7 Å². The number of likely N-dealkylation sites (tertiary alicyclic amines) is 1. The van der Waals surface area contributed by atoms with Crippen LogP contribution >= 0.6 is 23.2 Å². The molecule has 7 heteroatoms. The van der Waals surface area contributed by atoms with Crippen molar-refractivity contribution in [2.75, 3.05) is 33.7 Å². The second-order valence-corrected chi connectivity index (χ2v) is 7.12. The fraction of sp³-hybridized carbons (Fsp3) is 0.562. The Labute approximate surface area is 146 Å². The normalized spacial score (nSPS) is 17.6. The topological polar surface area (TPSA) is 69.8 Å². The zero-order chi connectivity index (χ0) is 17.1. The number of amides is 1. The highest BCUT2D eigenvalue weighted by atomic mass is 35.5. The van der Waals surface area contributed by atoms with E-state index in [4.69, 9.17) is 28.9 Å². The van der Waals surface area contributed by atoms with Gasteiger partial charge in [0.2, 0.25) is 5.91 Å². The van der Waals surface area contributed by atoms with Gasteiger partial charge in [-0.1, -0.05) is 23.2 Å². The van der Waals surface area contributed by atoms with Crippen LogP contribution in [0, 0.1) is 5.92 Å². The van der Waals surface area contributed by atoms with Gasteiger partial charge in [0.15, 0.2) is 0 Å². The molecule has 0 saturated carbocycles. The zero-order valence-electron chi connectivity index (χ0n) is 13.4. The summed E-state index contributed by atoms with van der Waals surface area (Å²) < 4.78 is 0. The Bertz CT molecular complexity index is 573. The number of piperidine rings is 1. The quantitative estimate of drug-likeness (QED) is 0.866. The van der Waals surface area contributed by atoms with Gasteiger partial charge in [-0.25, -0.2) is 0 Å². The Morgan fingerprint density at radius 1 is 1.35 bits per heavy atom. The van der Waals surface area contributed by atoms with Gasteiger partial charge in [-0.3, -0.25) is 4.79 Å². The number of carbonyl (C=O) groups is 1. The van der Waals surface area contributed by atoms with Crippen LogP contribution in [0.15, 0.2) is 12.1 Å². The molecular formula is C16H23Cl2N3O2. The van der Waals surface area contributed by atoms with Crippen molar-refractivity contribution in [1.29, 1.82) is 0 Å². The highest BCUT2D eigenvalue weighted by molar-refractivity contribution is 6.42. The highest BCUT2D eigenvalue weighted by Gasteiger charge is 2.29. The largest absolute Gasteiger partial charge is 0.508 e. The van der Waals surface area contributed by atoms with Gasteiger partial charge in [-0.2, -0.15) is 0 Å². The minimum atomic E-state index is -0.323. The van der Waals surface area contributed by atoms with Crippen LogP contribution in [0.2, 0.25) is 10.0 Å². The van der Waals surface area contributed by atoms with Crippen molar-refractivity contribution in [3.05, 3.63) is 27.7 Å². The number of aromatic hydroxyl groups is 1. The van der Waals surface area contributed by atoms with Crippen LogP contribution in [0.4, 0.5) is 0 Å². The number of rotatable bonds is 4. The van der Waals surface area contributed by atoms with Crippen LogP contribution in [-0.2, 0) is 4.79 Å². The third-order valence-corrected chi connectivity index (χ3v) is 5.00. The number of hydrogen-bond acceptors (Lipinski definition) is 4. The van der Waals surface area contributed by atoms with E-state index in [0.29, 0.717) is 35.2 Å². The van der Waals surface area contributed by atoms with Crippen LogP contribution in [0.5, 0.6) is 5.75 Å². The molecule has 0 aliphatic carbocycles. The molecule has 23 heavy (non-hydrogen) atoms. The Kier molecular flexibility index (Phi) is 6.14. The molecule has 2 rings (SSSR count). The van der Waals surface area contributed by atoms with Crippen LogP contribution in [0.25, 0.3) is 0 Å². The van der Waals surface area contributed by atoms with E-state index in [1.807, 2.05) is 23.9 Å². The first-order valence-corrected chi connectivity index (χ1v) is 8.41. The number of hydrogen-bond donors (Lipinski definition) is 2. The van der Waals surface area contributed by atoms with Gasteiger partial charge in [-0.05, 0) is 38.9 Å². The molecule has 1 heterocycles. The summed E-state index contributed by atoms with van der Waals surface area (Å²) in [6.45, 7) is 1.80. The second kappa shape index (κ2) is 7.71. The maximum absolute atomic E-state index is 12.1. The third kappa shape index (κ3) is 4.51. The van der Waals surface area contributed by atoms with Crippen molar-refractivity contribution in [2.45, 2.75) is 18.9 Å². The Morgan fingerprint density at radius 3 is 2.48 bits per heavy atom. The first kappa shape index (κ1) is 18.3. The monoisotopic (exact) mass is 359 g/mol. The summed E-state index contributed by atoms with van der Waals surface area (Å²) in [5, 5.41) is 10.8. The van der Waals surface area contributed by atoms with Crippen molar-refractivity contribution >= 4 is 29.1 Å². The molecule has 0 bridgehead atoms. The van der Waals surface area contributed by atoms with Crippen LogP contribution < -0.4 is 5.73 Å². The smallest absolute Gasteiger partial charge is 0.236 e. The Morgan fingerprint density at radius 2 is 1.91 bits per heavy atom. The molecule has 1 aliphatic rings. The fourth-order valence-electron chi connectivity index (χ4n) is 2.95. The number of halogens is 2. The van der Waals surface area contributed by atoms with Gasteiger partial charge < -0.3 is 20.6 Å². The van der Waals surface area contributed by atoms with Gasteiger partial charge in [0.25, 0.3) is 0 Å². The van der Waals surface area contributed by atoms with E-state index >= 15 is 0 Å². The molecule has 1 amide bonds. The minimum Gasteiger partial charge on any atom is -0.508 e. The van der Waals surface area contributed by atoms with E-state index in [2.05, 4.69) is 0 Å². The summed E-state index contributed by atoms with van der Waals surface area (Å²) >= 11 is 11.9. The average Bonchev–Trinajstić information content (AvgIpc) is 2.49. The lowest BCUT2D eigenvalue weighted by molar-refractivity contribution is -0.133. The second-order valence-electron chi connectivity index (χ2n) is 6.31. The maximum atomic E-state index is 12.1. The van der Waals surface area contributed by atoms with Crippen molar-refractivity contribution in [3.63, 3.8) is 0 Å². The molecule has 0 unspecified atom stereocenters. The molecule has 0 spiro atoms. The molecule has 1 saturated heterocycles. The number of carbonyl (C=O) groups excluding carboxylic acids is 1. The number of phenols is 1. The van der Waals surface area contributed by atoms with Gasteiger partial charge in [0, 0.05) is 30.8 Å². The predicted molar refractivity (Wildman–Crippen MR) is 92.9 cm³/mol. The third-order valence-electron chi connectivity index (χ3n) is 4.28. The van der Waals surface area contributed by atoms with E-state index in [-0.39, 0.29) is 23.6 Å². The minimum absolute atomic E-state index is 0.0676. The van der Waals surface area contributed by atoms with Crippen molar-refractivity contribution in [1.82, 2.24) is 9.80 Å². The lowest BCUT2D eigenvalue weighted by atomic mass is 9.85. The van der Waals surface area contributed by atoms with E-state index in [9.17, 15) is 9.90 Å². The Balaban J connectivity index is 2.00. The zero-order valence-corrected chi connectivity index (χ0v) is 14.9. The molecule has 3 N–H and O–H groups in total. The first-order valence-electron chi connectivity index (χ1n) is 7.65. The number of benzene rings is 1. The summed E-state index contributed by atoms with van der Waals surface area (Å²) in [6, 6.07) is 2.73. The number of nitrogens with zero attached hydrogens (tertiary/aromatic N) is 2. The summed E-state index contributed by atoms with van der Waals surface area (Å²) in [5.74, 6) is 0.402. The average molecular weight is 360 g/mol. The summed E-state index contributed by atoms with van der Waals surface area (Å²) in [6.07, 6.45) is 1.61. The SMILES string of the molecule is CN(C)CC(=O)N1CCC([C@@H](N)c2cc(Cl)c(Cl)cc2O)CC1. The lowest BCUT2D eigenvalue weighted by Gasteiger charge is -2.35. The molecule has 1 aromatic carbocycles. The standard InChI is InChI=1S/C16H23Cl2N3O2/c1-20(2)9-15(23)21-5-3-10(4-6-21)16(19)11-7-12(17)13(18)8-14(11)22/h7-8,10,16,22H,3-6,9,19H2,1-2H3/t16-/m1/s1. The first-order chi connectivity index (χ1) is 10.8. The number of nitrogens with two attached hydrogens (primary N) is 1. The molecule has 1 aliphatic heterocycles. The van der Waals surface area contributed by atoms with E-state index in [1.54, 1.807) is 6.07 Å². The molecular weight excluding hydrogens is 337 g/mol. The van der Waals surface area contributed by atoms with Gasteiger partial charge >= 0.3 is 0 Å². The molecule has 0 radical (unpaired) electrons. The molecule has 1 aromatic rings. The van der Waals surface area contributed by atoms with Gasteiger partial charge in [-0.15, -0.1) is 0 Å². The number of phenolic OH excluding ortho intramolecular Hbond substituents is 1. The van der Waals surface area contributed by atoms with Gasteiger partial charge in [0.05, 0.1) is 16.6 Å². The summed E-state index contributed by atoms with van der Waals surface area (Å²) in [7, 11) is 3.77. The molecule has 5 nitrogen and oxygen atoms in total. The van der Waals surface area contributed by atoms with Gasteiger partial charge in [0.1, 0.15) is 5.75 Å². The lowest BCUT2D eigenvalue weighted by Crippen LogP contribution is -2.44.